The van der Waals surface area contributed by atoms with Gasteiger partial charge in [0.1, 0.15) is 5.75 Å². The predicted octanol–water partition coefficient (Wildman–Crippen LogP) is 3.85. The fourth-order valence-corrected chi connectivity index (χ4v) is 2.10. The van der Waals surface area contributed by atoms with Crippen molar-refractivity contribution in [3.8, 4) is 5.75 Å². The fraction of sp³-hybridized carbons (Fsp3) is 0.533. The zero-order valence-electron chi connectivity index (χ0n) is 10.4. The van der Waals surface area contributed by atoms with Crippen LogP contribution in [0.4, 0.5) is 0 Å². The molecule has 0 unspecified atom stereocenters. The maximum atomic E-state index is 12.2. The van der Waals surface area contributed by atoms with Crippen molar-refractivity contribution in [2.45, 2.75) is 39.0 Å². The third-order valence-corrected chi connectivity index (χ3v) is 3.35. The summed E-state index contributed by atoms with van der Waals surface area (Å²) in [6.45, 7) is 2.74. The number of para-hydroxylation sites is 1. The Kier molecular flexibility index (Phi) is 4.18. The number of hydrogen-bond donors (Lipinski definition) is 0. The van der Waals surface area contributed by atoms with Crippen LogP contribution in [0.25, 0.3) is 0 Å². The number of rotatable bonds is 6. The first-order valence-corrected chi connectivity index (χ1v) is 6.56. The molecule has 0 N–H and O–H groups in total. The third kappa shape index (κ3) is 3.09. The van der Waals surface area contributed by atoms with E-state index in [1.807, 2.05) is 24.3 Å². The van der Waals surface area contributed by atoms with Gasteiger partial charge in [-0.2, -0.15) is 0 Å². The lowest BCUT2D eigenvalue weighted by Crippen LogP contribution is -2.16. The van der Waals surface area contributed by atoms with Crippen LogP contribution in [-0.4, -0.2) is 12.4 Å². The Labute approximate surface area is 103 Å². The van der Waals surface area contributed by atoms with Gasteiger partial charge < -0.3 is 4.74 Å². The van der Waals surface area contributed by atoms with Crippen molar-refractivity contribution < 1.29 is 9.53 Å². The van der Waals surface area contributed by atoms with E-state index < -0.39 is 0 Å². The van der Waals surface area contributed by atoms with E-state index in [0.29, 0.717) is 18.9 Å². The Hall–Kier alpha value is -1.31. The Morgan fingerprint density at radius 2 is 2.12 bits per heavy atom. The van der Waals surface area contributed by atoms with Crippen LogP contribution >= 0.6 is 0 Å². The lowest BCUT2D eigenvalue weighted by atomic mass is 9.81. The lowest BCUT2D eigenvalue weighted by molar-refractivity contribution is 0.0932. The van der Waals surface area contributed by atoms with E-state index >= 15 is 0 Å². The minimum absolute atomic E-state index is 0.237. The molecule has 0 aliphatic heterocycles. The molecular formula is C15H20O2. The minimum atomic E-state index is 0.237. The summed E-state index contributed by atoms with van der Waals surface area (Å²) in [4.78, 5) is 12.2. The first kappa shape index (κ1) is 12.2. The second-order valence-electron chi connectivity index (χ2n) is 4.77. The summed E-state index contributed by atoms with van der Waals surface area (Å²) >= 11 is 0. The van der Waals surface area contributed by atoms with Crippen LogP contribution in [0.5, 0.6) is 5.75 Å². The molecule has 17 heavy (non-hydrogen) atoms. The molecule has 2 heteroatoms. The van der Waals surface area contributed by atoms with Crippen LogP contribution in [-0.2, 0) is 0 Å². The van der Waals surface area contributed by atoms with E-state index in [0.717, 1.165) is 17.7 Å². The van der Waals surface area contributed by atoms with Gasteiger partial charge in [0.05, 0.1) is 12.2 Å². The molecule has 0 spiro atoms. The number of carbonyl (C=O) groups is 1. The van der Waals surface area contributed by atoms with Gasteiger partial charge in [0.2, 0.25) is 0 Å². The zero-order chi connectivity index (χ0) is 12.1. The second kappa shape index (κ2) is 5.85. The van der Waals surface area contributed by atoms with Crippen LogP contribution in [0.1, 0.15) is 49.4 Å². The molecule has 1 aliphatic carbocycles. The highest BCUT2D eigenvalue weighted by atomic mass is 16.5. The normalized spacial score (nSPS) is 15.4. The molecule has 92 valence electrons. The van der Waals surface area contributed by atoms with E-state index in [1.165, 1.54) is 19.3 Å². The summed E-state index contributed by atoms with van der Waals surface area (Å²) in [5, 5.41) is 0. The summed E-state index contributed by atoms with van der Waals surface area (Å²) in [5.74, 6) is 1.60. The van der Waals surface area contributed by atoms with Crippen molar-refractivity contribution in [1.82, 2.24) is 0 Å². The van der Waals surface area contributed by atoms with Gasteiger partial charge in [0.15, 0.2) is 5.78 Å². The second-order valence-corrected chi connectivity index (χ2v) is 4.77. The Morgan fingerprint density at radius 3 is 2.76 bits per heavy atom. The van der Waals surface area contributed by atoms with Crippen LogP contribution < -0.4 is 4.74 Å². The van der Waals surface area contributed by atoms with Gasteiger partial charge in [-0.1, -0.05) is 38.3 Å². The molecule has 1 fully saturated rings. The number of hydrogen-bond acceptors (Lipinski definition) is 2. The quantitative estimate of drug-likeness (QED) is 0.696. The van der Waals surface area contributed by atoms with E-state index in [1.54, 1.807) is 0 Å². The number of benzene rings is 1. The van der Waals surface area contributed by atoms with Gasteiger partial charge in [0.25, 0.3) is 0 Å². The molecule has 0 aromatic heterocycles. The first-order chi connectivity index (χ1) is 8.31. The molecule has 0 amide bonds. The van der Waals surface area contributed by atoms with Crippen LogP contribution in [0, 0.1) is 5.92 Å². The van der Waals surface area contributed by atoms with Gasteiger partial charge >= 0.3 is 0 Å². The Morgan fingerprint density at radius 1 is 1.35 bits per heavy atom. The fourth-order valence-electron chi connectivity index (χ4n) is 2.10. The van der Waals surface area contributed by atoms with Gasteiger partial charge in [0, 0.05) is 6.42 Å². The van der Waals surface area contributed by atoms with Crippen LogP contribution in [0.3, 0.4) is 0 Å². The van der Waals surface area contributed by atoms with E-state index in [2.05, 4.69) is 6.92 Å². The standard InChI is InChI=1S/C15H20O2/c1-2-10-17-15-9-4-3-8-13(15)14(16)11-12-6-5-7-12/h3-4,8-9,12H,2,5-7,10-11H2,1H3. The topological polar surface area (TPSA) is 26.3 Å². The largest absolute Gasteiger partial charge is 0.493 e. The number of Topliss-reactive ketones (excluding diaryl/α,β-unsaturated/α-hetero) is 1. The molecule has 2 nitrogen and oxygen atoms in total. The molecule has 0 bridgehead atoms. The molecular weight excluding hydrogens is 212 g/mol. The summed E-state index contributed by atoms with van der Waals surface area (Å²) in [6, 6.07) is 7.60. The molecule has 0 heterocycles. The van der Waals surface area contributed by atoms with E-state index in [9.17, 15) is 4.79 Å². The van der Waals surface area contributed by atoms with Crippen molar-refractivity contribution in [3.05, 3.63) is 29.8 Å². The van der Waals surface area contributed by atoms with Crippen molar-refractivity contribution in [2.24, 2.45) is 5.92 Å². The van der Waals surface area contributed by atoms with Crippen molar-refractivity contribution in [3.63, 3.8) is 0 Å². The summed E-state index contributed by atoms with van der Waals surface area (Å²) < 4.78 is 5.62. The van der Waals surface area contributed by atoms with E-state index in [4.69, 9.17) is 4.74 Å². The van der Waals surface area contributed by atoms with Gasteiger partial charge in [-0.15, -0.1) is 0 Å². The number of ketones is 1. The van der Waals surface area contributed by atoms with Gasteiger partial charge in [-0.25, -0.2) is 0 Å². The van der Waals surface area contributed by atoms with E-state index in [-0.39, 0.29) is 5.78 Å². The molecule has 0 radical (unpaired) electrons. The average Bonchev–Trinajstić information content (AvgIpc) is 2.31. The Bertz CT molecular complexity index is 380. The molecule has 0 atom stereocenters. The molecule has 0 saturated heterocycles. The molecule has 1 aromatic carbocycles. The van der Waals surface area contributed by atoms with Gasteiger partial charge in [-0.3, -0.25) is 4.79 Å². The van der Waals surface area contributed by atoms with Crippen LogP contribution in [0.15, 0.2) is 24.3 Å². The molecule has 2 rings (SSSR count). The number of carbonyl (C=O) groups excluding carboxylic acids is 1. The number of ether oxygens (including phenoxy) is 1. The highest BCUT2D eigenvalue weighted by molar-refractivity contribution is 5.98. The Balaban J connectivity index is 2.04. The van der Waals surface area contributed by atoms with Gasteiger partial charge in [-0.05, 0) is 24.5 Å². The highest BCUT2D eigenvalue weighted by Crippen LogP contribution is 2.32. The van der Waals surface area contributed by atoms with Crippen molar-refractivity contribution in [1.29, 1.82) is 0 Å². The first-order valence-electron chi connectivity index (χ1n) is 6.56. The summed E-state index contributed by atoms with van der Waals surface area (Å²) in [5.41, 5.74) is 0.757. The highest BCUT2D eigenvalue weighted by Gasteiger charge is 2.22. The summed E-state index contributed by atoms with van der Waals surface area (Å²) in [6.07, 6.45) is 5.36. The average molecular weight is 232 g/mol. The predicted molar refractivity (Wildman–Crippen MR) is 68.5 cm³/mol. The summed E-state index contributed by atoms with van der Waals surface area (Å²) in [7, 11) is 0. The van der Waals surface area contributed by atoms with Crippen molar-refractivity contribution >= 4 is 5.78 Å². The molecule has 1 saturated carbocycles. The minimum Gasteiger partial charge on any atom is -0.493 e. The molecule has 1 aromatic rings. The SMILES string of the molecule is CCCOc1ccccc1C(=O)CC1CCC1. The molecule has 1 aliphatic rings. The lowest BCUT2D eigenvalue weighted by Gasteiger charge is -2.24. The smallest absolute Gasteiger partial charge is 0.166 e. The maximum absolute atomic E-state index is 12.2. The third-order valence-electron chi connectivity index (χ3n) is 3.35. The maximum Gasteiger partial charge on any atom is 0.166 e. The monoisotopic (exact) mass is 232 g/mol. The van der Waals surface area contributed by atoms with Crippen molar-refractivity contribution in [2.75, 3.05) is 6.61 Å². The zero-order valence-corrected chi connectivity index (χ0v) is 10.4. The van der Waals surface area contributed by atoms with Crippen LogP contribution in [0.2, 0.25) is 0 Å².